The highest BCUT2D eigenvalue weighted by atomic mass is 16.5. The van der Waals surface area contributed by atoms with Crippen LogP contribution in [-0.4, -0.2) is 24.0 Å². The fraction of sp³-hybridized carbons (Fsp3) is 0.200. The number of benzene rings is 2. The molecule has 3 aromatic rings. The van der Waals surface area contributed by atoms with E-state index in [0.717, 1.165) is 16.5 Å². The molecule has 1 atom stereocenters. The number of aromatic nitrogens is 1. The van der Waals surface area contributed by atoms with Crippen LogP contribution in [0.1, 0.15) is 18.1 Å². The van der Waals surface area contributed by atoms with E-state index in [2.05, 4.69) is 10.3 Å². The van der Waals surface area contributed by atoms with E-state index in [1.807, 2.05) is 48.7 Å². The lowest BCUT2D eigenvalue weighted by Gasteiger charge is -2.28. The number of hydrogen-bond donors (Lipinski definition) is 2. The fourth-order valence-electron chi connectivity index (χ4n) is 2.99. The first-order valence-electron chi connectivity index (χ1n) is 8.04. The fourth-order valence-corrected chi connectivity index (χ4v) is 2.99. The van der Waals surface area contributed by atoms with Crippen LogP contribution < -0.4 is 5.32 Å². The predicted molar refractivity (Wildman–Crippen MR) is 96.0 cm³/mol. The molecule has 0 aliphatic heterocycles. The molecular weight excluding hydrogens is 316 g/mol. The third-order valence-electron chi connectivity index (χ3n) is 4.36. The number of methoxy groups -OCH3 is 1. The molecule has 5 heteroatoms. The maximum atomic E-state index is 12.6. The summed E-state index contributed by atoms with van der Waals surface area (Å²) >= 11 is 0. The molecule has 128 valence electrons. The molecular formula is C20H20N2O3. The van der Waals surface area contributed by atoms with Gasteiger partial charge in [-0.1, -0.05) is 48.5 Å². The van der Waals surface area contributed by atoms with Crippen LogP contribution in [0.3, 0.4) is 0 Å². The van der Waals surface area contributed by atoms with Gasteiger partial charge in [0.05, 0.1) is 13.5 Å². The molecule has 0 spiro atoms. The quantitative estimate of drug-likeness (QED) is 0.704. The Hall–Kier alpha value is -3.08. The van der Waals surface area contributed by atoms with E-state index in [9.17, 15) is 9.59 Å². The number of H-pyrrole nitrogens is 1. The van der Waals surface area contributed by atoms with E-state index in [0.29, 0.717) is 5.56 Å². The lowest BCUT2D eigenvalue weighted by molar-refractivity contribution is -0.150. The maximum absolute atomic E-state index is 12.6. The van der Waals surface area contributed by atoms with Crippen molar-refractivity contribution in [3.8, 4) is 0 Å². The number of hydrogen-bond acceptors (Lipinski definition) is 3. The molecule has 1 heterocycles. The number of para-hydroxylation sites is 1. The Morgan fingerprint density at radius 1 is 1.08 bits per heavy atom. The summed E-state index contributed by atoms with van der Waals surface area (Å²) in [7, 11) is 1.31. The van der Waals surface area contributed by atoms with Crippen LogP contribution in [0.25, 0.3) is 10.9 Å². The van der Waals surface area contributed by atoms with E-state index < -0.39 is 11.5 Å². The number of esters is 1. The highest BCUT2D eigenvalue weighted by Crippen LogP contribution is 2.23. The van der Waals surface area contributed by atoms with Gasteiger partial charge in [-0.3, -0.25) is 4.79 Å². The molecule has 3 rings (SSSR count). The van der Waals surface area contributed by atoms with Gasteiger partial charge in [0.25, 0.3) is 0 Å². The molecule has 5 nitrogen and oxygen atoms in total. The number of fused-ring (bicyclic) bond motifs is 1. The molecule has 0 aliphatic rings. The van der Waals surface area contributed by atoms with E-state index in [4.69, 9.17) is 4.74 Å². The topological polar surface area (TPSA) is 71.2 Å². The van der Waals surface area contributed by atoms with Crippen LogP contribution in [0.2, 0.25) is 0 Å². The van der Waals surface area contributed by atoms with Gasteiger partial charge in [-0.05, 0) is 24.1 Å². The van der Waals surface area contributed by atoms with Crippen molar-refractivity contribution in [1.82, 2.24) is 10.3 Å². The number of rotatable bonds is 5. The van der Waals surface area contributed by atoms with Crippen LogP contribution in [0.15, 0.2) is 60.8 Å². The largest absolute Gasteiger partial charge is 0.467 e. The second-order valence-corrected chi connectivity index (χ2v) is 6.07. The molecule has 1 amide bonds. The average molecular weight is 336 g/mol. The summed E-state index contributed by atoms with van der Waals surface area (Å²) in [6.45, 7) is 1.65. The van der Waals surface area contributed by atoms with Crippen molar-refractivity contribution < 1.29 is 14.3 Å². The van der Waals surface area contributed by atoms with E-state index in [-0.39, 0.29) is 12.3 Å². The number of carbonyl (C=O) groups is 2. The van der Waals surface area contributed by atoms with Crippen molar-refractivity contribution in [2.45, 2.75) is 18.9 Å². The maximum Gasteiger partial charge on any atom is 0.336 e. The number of carbonyl (C=O) groups excluding carboxylic acids is 2. The van der Waals surface area contributed by atoms with Gasteiger partial charge >= 0.3 is 5.97 Å². The summed E-state index contributed by atoms with van der Waals surface area (Å²) in [4.78, 5) is 28.1. The van der Waals surface area contributed by atoms with Gasteiger partial charge in [0.15, 0.2) is 5.54 Å². The first kappa shape index (κ1) is 16.8. The summed E-state index contributed by atoms with van der Waals surface area (Å²) in [6, 6.07) is 16.9. The Bertz CT molecular complexity index is 901. The Morgan fingerprint density at radius 2 is 1.76 bits per heavy atom. The van der Waals surface area contributed by atoms with Gasteiger partial charge in [0.2, 0.25) is 5.91 Å². The van der Waals surface area contributed by atoms with E-state index >= 15 is 0 Å². The number of aromatic amines is 1. The zero-order valence-electron chi connectivity index (χ0n) is 14.2. The van der Waals surface area contributed by atoms with Crippen LogP contribution in [-0.2, 0) is 26.3 Å². The first-order chi connectivity index (χ1) is 12.0. The second-order valence-electron chi connectivity index (χ2n) is 6.07. The molecule has 0 saturated heterocycles. The molecule has 0 aliphatic carbocycles. The minimum absolute atomic E-state index is 0.170. The van der Waals surface area contributed by atoms with E-state index in [1.165, 1.54) is 7.11 Å². The molecule has 0 saturated carbocycles. The van der Waals surface area contributed by atoms with Crippen molar-refractivity contribution in [3.05, 3.63) is 71.9 Å². The Morgan fingerprint density at radius 3 is 2.48 bits per heavy atom. The van der Waals surface area contributed by atoms with Gasteiger partial charge in [0, 0.05) is 17.1 Å². The van der Waals surface area contributed by atoms with Gasteiger partial charge < -0.3 is 15.0 Å². The summed E-state index contributed by atoms with van der Waals surface area (Å²) in [5, 5.41) is 3.83. The van der Waals surface area contributed by atoms with Crippen molar-refractivity contribution in [2.24, 2.45) is 0 Å². The van der Waals surface area contributed by atoms with Crippen molar-refractivity contribution in [3.63, 3.8) is 0 Å². The molecule has 0 unspecified atom stereocenters. The Kier molecular flexibility index (Phi) is 4.57. The SMILES string of the molecule is COC(=O)[C@](C)(NC(=O)Cc1c[nH]c2ccccc12)c1ccccc1. The molecule has 2 aromatic carbocycles. The molecule has 0 radical (unpaired) electrons. The molecule has 1 aromatic heterocycles. The number of ether oxygens (including phenoxy) is 1. The third-order valence-corrected chi connectivity index (χ3v) is 4.36. The smallest absolute Gasteiger partial charge is 0.336 e. The summed E-state index contributed by atoms with van der Waals surface area (Å²) < 4.78 is 4.92. The Balaban J connectivity index is 1.85. The summed E-state index contributed by atoms with van der Waals surface area (Å²) in [5.74, 6) is -0.757. The lowest BCUT2D eigenvalue weighted by atomic mass is 9.91. The molecule has 0 fully saturated rings. The minimum Gasteiger partial charge on any atom is -0.467 e. The van der Waals surface area contributed by atoms with Crippen molar-refractivity contribution in [1.29, 1.82) is 0 Å². The average Bonchev–Trinajstić information content (AvgIpc) is 3.04. The monoisotopic (exact) mass is 336 g/mol. The second kappa shape index (κ2) is 6.81. The number of amides is 1. The van der Waals surface area contributed by atoms with Crippen LogP contribution in [0.5, 0.6) is 0 Å². The van der Waals surface area contributed by atoms with Gasteiger partial charge in [-0.15, -0.1) is 0 Å². The van der Waals surface area contributed by atoms with Crippen LogP contribution >= 0.6 is 0 Å². The summed E-state index contributed by atoms with van der Waals surface area (Å²) in [6.07, 6.45) is 1.99. The summed E-state index contributed by atoms with van der Waals surface area (Å²) in [5.41, 5.74) is 1.30. The molecule has 25 heavy (non-hydrogen) atoms. The normalized spacial score (nSPS) is 13.2. The predicted octanol–water partition coefficient (Wildman–Crippen LogP) is 2.92. The van der Waals surface area contributed by atoms with Crippen molar-refractivity contribution in [2.75, 3.05) is 7.11 Å². The van der Waals surface area contributed by atoms with Gasteiger partial charge in [0.1, 0.15) is 0 Å². The lowest BCUT2D eigenvalue weighted by Crippen LogP contribution is -2.50. The van der Waals surface area contributed by atoms with Crippen LogP contribution in [0.4, 0.5) is 0 Å². The highest BCUT2D eigenvalue weighted by Gasteiger charge is 2.37. The van der Waals surface area contributed by atoms with Gasteiger partial charge in [-0.25, -0.2) is 4.79 Å². The number of nitrogens with one attached hydrogen (secondary N) is 2. The first-order valence-corrected chi connectivity index (χ1v) is 8.04. The Labute approximate surface area is 146 Å². The standard InChI is InChI=1S/C20H20N2O3/c1-20(19(24)25-2,15-8-4-3-5-9-15)22-18(23)12-14-13-21-17-11-7-6-10-16(14)17/h3-11,13,21H,12H2,1-2H3,(H,22,23)/t20-/m1/s1. The zero-order chi connectivity index (χ0) is 17.9. The third kappa shape index (κ3) is 3.26. The zero-order valence-corrected chi connectivity index (χ0v) is 14.2. The molecule has 2 N–H and O–H groups in total. The van der Waals surface area contributed by atoms with Crippen molar-refractivity contribution >= 4 is 22.8 Å². The molecule has 0 bridgehead atoms. The highest BCUT2D eigenvalue weighted by molar-refractivity contribution is 5.92. The van der Waals surface area contributed by atoms with E-state index in [1.54, 1.807) is 19.1 Å². The minimum atomic E-state index is -1.24. The van der Waals surface area contributed by atoms with Gasteiger partial charge in [-0.2, -0.15) is 0 Å². The van der Waals surface area contributed by atoms with Crippen LogP contribution in [0, 0.1) is 0 Å².